The predicted molar refractivity (Wildman–Crippen MR) is 79.3 cm³/mol. The van der Waals surface area contributed by atoms with E-state index in [-0.39, 0.29) is 24.2 Å². The smallest absolute Gasteiger partial charge is 0.124 e. The Kier molecular flexibility index (Phi) is 4.20. The first-order valence-electron chi connectivity index (χ1n) is 7.63. The fourth-order valence-corrected chi connectivity index (χ4v) is 3.74. The second kappa shape index (κ2) is 5.95. The van der Waals surface area contributed by atoms with Crippen LogP contribution in [0.4, 0.5) is 0 Å². The molecule has 0 aromatic heterocycles. The molecule has 1 aliphatic heterocycles. The van der Waals surface area contributed by atoms with Crippen LogP contribution < -0.4 is 4.74 Å². The molecule has 0 amide bonds. The number of hydrogen-bond donors (Lipinski definition) is 1. The van der Waals surface area contributed by atoms with Crippen LogP contribution in [0, 0.1) is 11.3 Å². The van der Waals surface area contributed by atoms with Crippen molar-refractivity contribution in [2.75, 3.05) is 26.9 Å². The molecule has 1 aromatic rings. The third-order valence-corrected chi connectivity index (χ3v) is 4.99. The molecule has 116 valence electrons. The molecular formula is C17H24O4. The van der Waals surface area contributed by atoms with Crippen molar-refractivity contribution < 1.29 is 19.3 Å². The van der Waals surface area contributed by atoms with Crippen molar-refractivity contribution in [2.45, 2.75) is 32.0 Å². The van der Waals surface area contributed by atoms with Gasteiger partial charge in [-0.05, 0) is 30.2 Å². The third-order valence-electron chi connectivity index (χ3n) is 4.99. The summed E-state index contributed by atoms with van der Waals surface area (Å²) in [5, 5.41) is 9.72. The van der Waals surface area contributed by atoms with Gasteiger partial charge in [-0.15, -0.1) is 0 Å². The highest BCUT2D eigenvalue weighted by molar-refractivity contribution is 5.35. The first-order chi connectivity index (χ1) is 10.2. The van der Waals surface area contributed by atoms with Gasteiger partial charge in [-0.2, -0.15) is 0 Å². The molecule has 0 radical (unpaired) electrons. The molecule has 1 unspecified atom stereocenters. The summed E-state index contributed by atoms with van der Waals surface area (Å²) >= 11 is 0. The maximum absolute atomic E-state index is 9.72. The van der Waals surface area contributed by atoms with Crippen molar-refractivity contribution in [3.05, 3.63) is 29.8 Å². The first kappa shape index (κ1) is 14.8. The normalized spacial score (nSPS) is 32.9. The summed E-state index contributed by atoms with van der Waals surface area (Å²) in [6, 6.07) is 7.73. The molecule has 1 saturated heterocycles. The monoisotopic (exact) mass is 292 g/mol. The number of rotatable bonds is 5. The topological polar surface area (TPSA) is 47.9 Å². The molecule has 4 heteroatoms. The molecule has 4 nitrogen and oxygen atoms in total. The second-order valence-corrected chi connectivity index (χ2v) is 6.48. The minimum atomic E-state index is -0.325. The van der Waals surface area contributed by atoms with Gasteiger partial charge in [-0.1, -0.05) is 25.1 Å². The summed E-state index contributed by atoms with van der Waals surface area (Å²) in [6.07, 6.45) is 1.88. The summed E-state index contributed by atoms with van der Waals surface area (Å²) in [7, 11) is 1.64. The fraction of sp³-hybridized carbons (Fsp3) is 0.647. The summed E-state index contributed by atoms with van der Waals surface area (Å²) in [4.78, 5) is 0. The van der Waals surface area contributed by atoms with Crippen molar-refractivity contribution >= 4 is 0 Å². The predicted octanol–water partition coefficient (Wildman–Crippen LogP) is 2.56. The molecule has 1 heterocycles. The number of benzene rings is 1. The lowest BCUT2D eigenvalue weighted by Crippen LogP contribution is -2.21. The van der Waals surface area contributed by atoms with E-state index in [9.17, 15) is 5.11 Å². The minimum Gasteiger partial charge on any atom is -0.496 e. The molecule has 1 aliphatic carbocycles. The first-order valence-corrected chi connectivity index (χ1v) is 7.63. The number of aliphatic hydroxyl groups excluding tert-OH is 1. The van der Waals surface area contributed by atoms with Gasteiger partial charge in [-0.3, -0.25) is 0 Å². The second-order valence-electron chi connectivity index (χ2n) is 6.48. The average Bonchev–Trinajstić information content (AvgIpc) is 2.99. The van der Waals surface area contributed by atoms with Crippen LogP contribution >= 0.6 is 0 Å². The van der Waals surface area contributed by atoms with Gasteiger partial charge in [0.1, 0.15) is 11.9 Å². The van der Waals surface area contributed by atoms with E-state index in [0.717, 1.165) is 37.4 Å². The fourth-order valence-electron chi connectivity index (χ4n) is 3.74. The number of para-hydroxylation sites is 1. The standard InChI is InChI=1S/C17H24O4/c1-17-8-13(7-12(17)10-20-11-17)21-16(9-18)14-5-3-4-6-15(14)19-2/h3-6,12-13,16,18H,7-11H2,1-2H3/t12-,13?,16-,17-/m0/s1. The number of ether oxygens (including phenoxy) is 3. The van der Waals surface area contributed by atoms with Gasteiger partial charge >= 0.3 is 0 Å². The van der Waals surface area contributed by atoms with E-state index in [1.54, 1.807) is 7.11 Å². The van der Waals surface area contributed by atoms with Crippen LogP contribution in [0.3, 0.4) is 0 Å². The molecule has 0 spiro atoms. The summed E-state index contributed by atoms with van der Waals surface area (Å²) < 4.78 is 17.2. The molecule has 4 atom stereocenters. The Morgan fingerprint density at radius 1 is 1.43 bits per heavy atom. The Labute approximate surface area is 126 Å². The van der Waals surface area contributed by atoms with E-state index in [1.165, 1.54) is 0 Å². The Morgan fingerprint density at radius 2 is 2.24 bits per heavy atom. The maximum atomic E-state index is 9.72. The highest BCUT2D eigenvalue weighted by Crippen LogP contribution is 2.49. The lowest BCUT2D eigenvalue weighted by atomic mass is 9.83. The van der Waals surface area contributed by atoms with E-state index in [4.69, 9.17) is 14.2 Å². The van der Waals surface area contributed by atoms with Crippen molar-refractivity contribution in [1.82, 2.24) is 0 Å². The van der Waals surface area contributed by atoms with E-state index < -0.39 is 0 Å². The maximum Gasteiger partial charge on any atom is 0.124 e. The lowest BCUT2D eigenvalue weighted by molar-refractivity contribution is -0.0478. The number of methoxy groups -OCH3 is 1. The summed E-state index contributed by atoms with van der Waals surface area (Å²) in [6.45, 7) is 3.92. The Bertz CT molecular complexity index is 489. The van der Waals surface area contributed by atoms with Crippen molar-refractivity contribution in [3.63, 3.8) is 0 Å². The van der Waals surface area contributed by atoms with E-state index in [0.29, 0.717) is 5.92 Å². The number of hydrogen-bond acceptors (Lipinski definition) is 4. The van der Waals surface area contributed by atoms with E-state index >= 15 is 0 Å². The molecule has 1 saturated carbocycles. The summed E-state index contributed by atoms with van der Waals surface area (Å²) in [5.41, 5.74) is 1.16. The molecule has 1 aromatic carbocycles. The Balaban J connectivity index is 1.71. The molecular weight excluding hydrogens is 268 g/mol. The van der Waals surface area contributed by atoms with Crippen molar-refractivity contribution in [3.8, 4) is 5.75 Å². The lowest BCUT2D eigenvalue weighted by Gasteiger charge is -2.24. The van der Waals surface area contributed by atoms with E-state index in [1.807, 2.05) is 24.3 Å². The quantitative estimate of drug-likeness (QED) is 0.906. The van der Waals surface area contributed by atoms with Crippen LogP contribution in [0.2, 0.25) is 0 Å². The number of aliphatic hydroxyl groups is 1. The van der Waals surface area contributed by atoms with Crippen LogP contribution in [0.5, 0.6) is 5.75 Å². The van der Waals surface area contributed by atoms with Crippen LogP contribution in [0.1, 0.15) is 31.4 Å². The van der Waals surface area contributed by atoms with E-state index in [2.05, 4.69) is 6.92 Å². The average molecular weight is 292 g/mol. The Morgan fingerprint density at radius 3 is 2.95 bits per heavy atom. The molecule has 0 bridgehead atoms. The van der Waals surface area contributed by atoms with Gasteiger partial charge in [0.25, 0.3) is 0 Å². The van der Waals surface area contributed by atoms with Gasteiger partial charge in [-0.25, -0.2) is 0 Å². The number of fused-ring (bicyclic) bond motifs is 1. The highest BCUT2D eigenvalue weighted by Gasteiger charge is 2.48. The zero-order valence-corrected chi connectivity index (χ0v) is 12.7. The Hall–Kier alpha value is -1.10. The third kappa shape index (κ3) is 2.80. The summed E-state index contributed by atoms with van der Waals surface area (Å²) in [5.74, 6) is 1.35. The SMILES string of the molecule is COc1ccccc1[C@H](CO)OC1C[C@H]2COC[C@]2(C)C1. The van der Waals surface area contributed by atoms with Gasteiger partial charge in [0.05, 0.1) is 33.0 Å². The largest absolute Gasteiger partial charge is 0.496 e. The molecule has 2 fully saturated rings. The molecule has 2 aliphatic rings. The van der Waals surface area contributed by atoms with Gasteiger partial charge < -0.3 is 19.3 Å². The van der Waals surface area contributed by atoms with Gasteiger partial charge in [0.2, 0.25) is 0 Å². The van der Waals surface area contributed by atoms with Gasteiger partial charge in [0.15, 0.2) is 0 Å². The zero-order valence-electron chi connectivity index (χ0n) is 12.7. The van der Waals surface area contributed by atoms with Crippen LogP contribution in [-0.2, 0) is 9.47 Å². The molecule has 1 N–H and O–H groups in total. The van der Waals surface area contributed by atoms with Crippen molar-refractivity contribution in [2.24, 2.45) is 11.3 Å². The minimum absolute atomic E-state index is 0.0330. The highest BCUT2D eigenvalue weighted by atomic mass is 16.5. The molecule has 3 rings (SSSR count). The van der Waals surface area contributed by atoms with Crippen molar-refractivity contribution in [1.29, 1.82) is 0 Å². The van der Waals surface area contributed by atoms with Crippen LogP contribution in [-0.4, -0.2) is 38.1 Å². The molecule has 21 heavy (non-hydrogen) atoms. The van der Waals surface area contributed by atoms with Crippen LogP contribution in [0.15, 0.2) is 24.3 Å². The zero-order chi connectivity index (χ0) is 14.9. The van der Waals surface area contributed by atoms with Gasteiger partial charge in [0, 0.05) is 5.56 Å². The van der Waals surface area contributed by atoms with Crippen LogP contribution in [0.25, 0.3) is 0 Å².